The summed E-state index contributed by atoms with van der Waals surface area (Å²) in [6.07, 6.45) is 1.67. The molecule has 1 aromatic heterocycles. The smallest absolute Gasteiger partial charge is 0.106 e. The second-order valence-corrected chi connectivity index (χ2v) is 4.06. The van der Waals surface area contributed by atoms with Crippen molar-refractivity contribution < 1.29 is 5.11 Å². The molecule has 0 aliphatic heterocycles. The van der Waals surface area contributed by atoms with Crippen LogP contribution in [0.25, 0.3) is 11.3 Å². The molecule has 3 nitrogen and oxygen atoms in total. The van der Waals surface area contributed by atoms with E-state index in [2.05, 4.69) is 10.2 Å². The molecule has 76 valence electrons. The van der Waals surface area contributed by atoms with Gasteiger partial charge in [-0.15, -0.1) is 0 Å². The van der Waals surface area contributed by atoms with Crippen LogP contribution in [0.15, 0.2) is 36.4 Å². The molecular weight excluding hydrogens is 188 g/mol. The molecule has 3 heteroatoms. The van der Waals surface area contributed by atoms with Crippen LogP contribution in [0.1, 0.15) is 18.5 Å². The molecule has 1 aliphatic carbocycles. The predicted molar refractivity (Wildman–Crippen MR) is 57.2 cm³/mol. The predicted octanol–water partition coefficient (Wildman–Crippen LogP) is 2.06. The summed E-state index contributed by atoms with van der Waals surface area (Å²) >= 11 is 0. The van der Waals surface area contributed by atoms with E-state index in [4.69, 9.17) is 0 Å². The van der Waals surface area contributed by atoms with E-state index in [-0.39, 0.29) is 0 Å². The Morgan fingerprint density at radius 2 is 1.93 bits per heavy atom. The highest BCUT2D eigenvalue weighted by Crippen LogP contribution is 2.44. The molecule has 1 heterocycles. The van der Waals surface area contributed by atoms with Crippen molar-refractivity contribution in [1.82, 2.24) is 10.2 Å². The van der Waals surface area contributed by atoms with Crippen LogP contribution in [0.5, 0.6) is 0 Å². The molecule has 3 rings (SSSR count). The Hall–Kier alpha value is -1.61. The summed E-state index contributed by atoms with van der Waals surface area (Å²) in [4.78, 5) is 0. The molecule has 0 atom stereocenters. The maximum Gasteiger partial charge on any atom is 0.106 e. The lowest BCUT2D eigenvalue weighted by molar-refractivity contribution is 0.146. The van der Waals surface area contributed by atoms with E-state index in [1.165, 1.54) is 0 Å². The normalized spacial score (nSPS) is 17.7. The summed E-state index contributed by atoms with van der Waals surface area (Å²) < 4.78 is 0. The van der Waals surface area contributed by atoms with Gasteiger partial charge in [0.25, 0.3) is 0 Å². The molecule has 0 radical (unpaired) electrons. The summed E-state index contributed by atoms with van der Waals surface area (Å²) in [6, 6.07) is 11.9. The summed E-state index contributed by atoms with van der Waals surface area (Å²) in [6.45, 7) is 0. The van der Waals surface area contributed by atoms with Gasteiger partial charge in [0.15, 0.2) is 0 Å². The Bertz CT molecular complexity index is 471. The van der Waals surface area contributed by atoms with Gasteiger partial charge in [0.2, 0.25) is 0 Å². The number of rotatable bonds is 2. The maximum absolute atomic E-state index is 9.89. The zero-order valence-electron chi connectivity index (χ0n) is 8.27. The van der Waals surface area contributed by atoms with Crippen molar-refractivity contribution in [2.24, 2.45) is 0 Å². The van der Waals surface area contributed by atoms with Crippen molar-refractivity contribution >= 4 is 0 Å². The third-order valence-corrected chi connectivity index (χ3v) is 2.87. The van der Waals surface area contributed by atoms with E-state index in [0.717, 1.165) is 29.8 Å². The summed E-state index contributed by atoms with van der Waals surface area (Å²) in [5.41, 5.74) is 2.18. The molecule has 2 aromatic rings. The van der Waals surface area contributed by atoms with E-state index in [1.807, 2.05) is 36.4 Å². The molecule has 2 N–H and O–H groups in total. The van der Waals surface area contributed by atoms with Crippen LogP contribution >= 0.6 is 0 Å². The third-order valence-electron chi connectivity index (χ3n) is 2.87. The second-order valence-electron chi connectivity index (χ2n) is 4.06. The molecular formula is C12H12N2O. The molecule has 1 aliphatic rings. The van der Waals surface area contributed by atoms with E-state index in [9.17, 15) is 5.11 Å². The number of benzene rings is 1. The average molecular weight is 200 g/mol. The van der Waals surface area contributed by atoms with E-state index < -0.39 is 5.60 Å². The number of nitrogens with one attached hydrogen (secondary N) is 1. The molecule has 0 saturated heterocycles. The zero-order chi connectivity index (χ0) is 10.3. The first-order valence-corrected chi connectivity index (χ1v) is 5.12. The molecule has 1 fully saturated rings. The van der Waals surface area contributed by atoms with Gasteiger partial charge in [0.1, 0.15) is 5.60 Å². The van der Waals surface area contributed by atoms with Crippen molar-refractivity contribution in [3.8, 4) is 11.3 Å². The fraction of sp³-hybridized carbons (Fsp3) is 0.250. The first-order valence-electron chi connectivity index (χ1n) is 5.12. The minimum absolute atomic E-state index is 0.625. The number of H-pyrrole nitrogens is 1. The number of hydrogen-bond donors (Lipinski definition) is 2. The van der Waals surface area contributed by atoms with Crippen molar-refractivity contribution in [1.29, 1.82) is 0 Å². The molecule has 0 amide bonds. The summed E-state index contributed by atoms with van der Waals surface area (Å²) in [5.74, 6) is 0. The molecule has 1 aromatic carbocycles. The highest BCUT2D eigenvalue weighted by atomic mass is 16.3. The van der Waals surface area contributed by atoms with Gasteiger partial charge in [-0.3, -0.25) is 5.10 Å². The lowest BCUT2D eigenvalue weighted by Gasteiger charge is -2.00. The van der Waals surface area contributed by atoms with Crippen LogP contribution in [-0.2, 0) is 5.60 Å². The molecule has 0 spiro atoms. The number of hydrogen-bond acceptors (Lipinski definition) is 2. The monoisotopic (exact) mass is 200 g/mol. The SMILES string of the molecule is OC1(c2cc(-c3ccccc3)n[nH]2)CC1. The van der Waals surface area contributed by atoms with Gasteiger partial charge >= 0.3 is 0 Å². The summed E-state index contributed by atoms with van der Waals surface area (Å²) in [7, 11) is 0. The van der Waals surface area contributed by atoms with Gasteiger partial charge < -0.3 is 5.11 Å². The minimum atomic E-state index is -0.625. The van der Waals surface area contributed by atoms with E-state index in [1.54, 1.807) is 0 Å². The minimum Gasteiger partial charge on any atom is -0.384 e. The number of aromatic nitrogens is 2. The number of aliphatic hydroxyl groups is 1. The van der Waals surface area contributed by atoms with Crippen molar-refractivity contribution in [2.45, 2.75) is 18.4 Å². The number of nitrogens with zero attached hydrogens (tertiary/aromatic N) is 1. The number of aromatic amines is 1. The van der Waals surface area contributed by atoms with Crippen LogP contribution in [0.3, 0.4) is 0 Å². The molecule has 0 unspecified atom stereocenters. The Labute approximate surface area is 87.8 Å². The van der Waals surface area contributed by atoms with Gasteiger partial charge in [-0.2, -0.15) is 5.10 Å². The van der Waals surface area contributed by atoms with Gasteiger partial charge in [0, 0.05) is 5.56 Å². The molecule has 0 bridgehead atoms. The van der Waals surface area contributed by atoms with Crippen LogP contribution < -0.4 is 0 Å². The first kappa shape index (κ1) is 8.68. The largest absolute Gasteiger partial charge is 0.384 e. The van der Waals surface area contributed by atoms with Gasteiger partial charge in [0.05, 0.1) is 11.4 Å². The molecule has 1 saturated carbocycles. The third kappa shape index (κ3) is 1.45. The fourth-order valence-electron chi connectivity index (χ4n) is 1.70. The maximum atomic E-state index is 9.89. The Balaban J connectivity index is 1.97. The van der Waals surface area contributed by atoms with Crippen molar-refractivity contribution in [3.63, 3.8) is 0 Å². The van der Waals surface area contributed by atoms with Gasteiger partial charge in [-0.05, 0) is 18.9 Å². The fourth-order valence-corrected chi connectivity index (χ4v) is 1.70. The van der Waals surface area contributed by atoms with Crippen LogP contribution in [0, 0.1) is 0 Å². The van der Waals surface area contributed by atoms with Crippen LogP contribution in [0.2, 0.25) is 0 Å². The van der Waals surface area contributed by atoms with Crippen molar-refractivity contribution in [3.05, 3.63) is 42.1 Å². The Morgan fingerprint density at radius 1 is 1.20 bits per heavy atom. The molecule has 15 heavy (non-hydrogen) atoms. The van der Waals surface area contributed by atoms with Crippen LogP contribution in [-0.4, -0.2) is 15.3 Å². The van der Waals surface area contributed by atoms with Crippen LogP contribution in [0.4, 0.5) is 0 Å². The van der Waals surface area contributed by atoms with Gasteiger partial charge in [-0.1, -0.05) is 30.3 Å². The average Bonchev–Trinajstić information content (AvgIpc) is 2.85. The second kappa shape index (κ2) is 2.94. The van der Waals surface area contributed by atoms with Gasteiger partial charge in [-0.25, -0.2) is 0 Å². The standard InChI is InChI=1S/C12H12N2O/c15-12(6-7-12)11-8-10(13-14-11)9-4-2-1-3-5-9/h1-5,8,15H,6-7H2,(H,13,14). The lowest BCUT2D eigenvalue weighted by atomic mass is 10.1. The lowest BCUT2D eigenvalue weighted by Crippen LogP contribution is -2.03. The van der Waals surface area contributed by atoms with E-state index in [0.29, 0.717) is 0 Å². The van der Waals surface area contributed by atoms with E-state index >= 15 is 0 Å². The Morgan fingerprint density at radius 3 is 2.60 bits per heavy atom. The quantitative estimate of drug-likeness (QED) is 0.779. The highest BCUT2D eigenvalue weighted by molar-refractivity contribution is 5.59. The topological polar surface area (TPSA) is 48.9 Å². The van der Waals surface area contributed by atoms with Crippen molar-refractivity contribution in [2.75, 3.05) is 0 Å². The first-order chi connectivity index (χ1) is 7.28. The summed E-state index contributed by atoms with van der Waals surface area (Å²) in [5, 5.41) is 17.0. The zero-order valence-corrected chi connectivity index (χ0v) is 8.27. The highest BCUT2D eigenvalue weighted by Gasteiger charge is 2.43. The Kier molecular flexibility index (Phi) is 1.70.